The van der Waals surface area contributed by atoms with E-state index >= 15 is 0 Å². The average Bonchev–Trinajstić information content (AvgIpc) is 3.08. The third-order valence-corrected chi connectivity index (χ3v) is 10.9. The van der Waals surface area contributed by atoms with Crippen molar-refractivity contribution in [2.24, 2.45) is 46.3 Å². The van der Waals surface area contributed by atoms with Crippen molar-refractivity contribution >= 4 is 0 Å². The summed E-state index contributed by atoms with van der Waals surface area (Å²) < 4.78 is 6.27. The van der Waals surface area contributed by atoms with Crippen LogP contribution in [-0.2, 0) is 4.74 Å². The smallest absolute Gasteiger partial charge is 0.0601 e. The van der Waals surface area contributed by atoms with Gasteiger partial charge in [0.15, 0.2) is 0 Å². The summed E-state index contributed by atoms with van der Waals surface area (Å²) in [5.74, 6) is 4.92. The van der Waals surface area contributed by atoms with Crippen molar-refractivity contribution in [3.8, 4) is 0 Å². The summed E-state index contributed by atoms with van der Waals surface area (Å²) in [5, 5.41) is 10.3. The van der Waals surface area contributed by atoms with E-state index in [9.17, 15) is 5.11 Å². The largest absolute Gasteiger partial charge is 0.393 e. The van der Waals surface area contributed by atoms with Gasteiger partial charge in [0, 0.05) is 0 Å². The topological polar surface area (TPSA) is 29.5 Å². The van der Waals surface area contributed by atoms with Crippen LogP contribution in [0.25, 0.3) is 0 Å². The van der Waals surface area contributed by atoms with Gasteiger partial charge in [-0.15, -0.1) is 0 Å². The lowest BCUT2D eigenvalue weighted by Gasteiger charge is -2.58. The molecule has 1 N–H and O–H groups in total. The van der Waals surface area contributed by atoms with E-state index in [1.165, 1.54) is 51.4 Å². The summed E-state index contributed by atoms with van der Waals surface area (Å²) in [5.41, 5.74) is 2.50. The Morgan fingerprint density at radius 3 is 2.41 bits per heavy atom. The first kappa shape index (κ1) is 24.8. The molecule has 2 heteroatoms. The average molecular weight is 445 g/mol. The Bertz CT molecular complexity index is 680. The molecular weight excluding hydrogens is 392 g/mol. The van der Waals surface area contributed by atoms with Gasteiger partial charge in [0.25, 0.3) is 0 Å². The van der Waals surface area contributed by atoms with E-state index in [-0.39, 0.29) is 6.10 Å². The van der Waals surface area contributed by atoms with Crippen LogP contribution < -0.4 is 0 Å². The minimum atomic E-state index is -0.0919. The lowest BCUT2D eigenvalue weighted by molar-refractivity contribution is -0.0603. The molecule has 3 fully saturated rings. The van der Waals surface area contributed by atoms with Crippen molar-refractivity contribution in [2.45, 2.75) is 131 Å². The van der Waals surface area contributed by atoms with Crippen LogP contribution in [0.15, 0.2) is 11.6 Å². The van der Waals surface area contributed by atoms with Crippen LogP contribution in [0.3, 0.4) is 0 Å². The zero-order chi connectivity index (χ0) is 23.3. The number of aliphatic hydroxyl groups is 1. The Labute approximate surface area is 199 Å². The van der Waals surface area contributed by atoms with Gasteiger partial charge in [-0.05, 0) is 124 Å². The highest BCUT2D eigenvalue weighted by molar-refractivity contribution is 5.25. The summed E-state index contributed by atoms with van der Waals surface area (Å²) >= 11 is 0. The Kier molecular flexibility index (Phi) is 7.25. The fraction of sp³-hybridized carbons (Fsp3) is 0.933. The monoisotopic (exact) mass is 444 g/mol. The lowest BCUT2D eigenvalue weighted by atomic mass is 9.47. The molecule has 9 atom stereocenters. The van der Waals surface area contributed by atoms with E-state index in [2.05, 4.69) is 54.5 Å². The normalized spacial score (nSPS) is 43.4. The van der Waals surface area contributed by atoms with E-state index in [0.29, 0.717) is 29.0 Å². The number of aliphatic hydroxyl groups excluding tert-OH is 1. The number of hydrogen-bond donors (Lipinski definition) is 1. The summed E-state index contributed by atoms with van der Waals surface area (Å²) in [7, 11) is 0. The van der Waals surface area contributed by atoms with Crippen LogP contribution in [0.2, 0.25) is 0 Å². The molecular formula is C30H52O2. The number of fused-ring (bicyclic) bond motifs is 5. The van der Waals surface area contributed by atoms with Crippen molar-refractivity contribution in [1.82, 2.24) is 0 Å². The highest BCUT2D eigenvalue weighted by Gasteiger charge is 2.59. The summed E-state index contributed by atoms with van der Waals surface area (Å²) in [6, 6.07) is 0. The van der Waals surface area contributed by atoms with Gasteiger partial charge in [-0.2, -0.15) is 0 Å². The van der Waals surface area contributed by atoms with Gasteiger partial charge in [-0.1, -0.05) is 46.3 Å². The predicted molar refractivity (Wildman–Crippen MR) is 134 cm³/mol. The summed E-state index contributed by atoms with van der Waals surface area (Å²) in [6.45, 7) is 16.8. The Morgan fingerprint density at radius 2 is 1.72 bits per heavy atom. The molecule has 0 aromatic carbocycles. The maximum Gasteiger partial charge on any atom is 0.0601 e. The summed E-state index contributed by atoms with van der Waals surface area (Å²) in [4.78, 5) is 0. The molecule has 4 aliphatic rings. The SMILES string of the molecule is CC(C)O[C@H](CC[C@@H](C)[C@H]1CC[C@H]2[C@@H]3CC=C4C[C@@H](O)CC[C@]4(C)[C@H]3CC[C@]12C)C(C)C. The van der Waals surface area contributed by atoms with Gasteiger partial charge in [0.1, 0.15) is 0 Å². The molecule has 4 rings (SSSR count). The molecule has 4 aliphatic carbocycles. The molecule has 0 spiro atoms. The van der Waals surface area contributed by atoms with Gasteiger partial charge < -0.3 is 9.84 Å². The first-order chi connectivity index (χ1) is 15.1. The van der Waals surface area contributed by atoms with E-state index in [4.69, 9.17) is 4.74 Å². The van der Waals surface area contributed by atoms with Crippen LogP contribution in [0, 0.1) is 46.3 Å². The maximum atomic E-state index is 10.3. The molecule has 0 bridgehead atoms. The van der Waals surface area contributed by atoms with E-state index in [1.807, 2.05) is 0 Å². The van der Waals surface area contributed by atoms with Crippen molar-refractivity contribution in [3.05, 3.63) is 11.6 Å². The lowest BCUT2D eigenvalue weighted by Crippen LogP contribution is -2.50. The maximum absolute atomic E-state index is 10.3. The molecule has 0 aromatic heterocycles. The third-order valence-electron chi connectivity index (χ3n) is 10.9. The molecule has 3 saturated carbocycles. The number of allylic oxidation sites excluding steroid dienone is 1. The Morgan fingerprint density at radius 1 is 0.969 bits per heavy atom. The number of ether oxygens (including phenoxy) is 1. The zero-order valence-corrected chi connectivity index (χ0v) is 22.2. The van der Waals surface area contributed by atoms with Gasteiger partial charge in [0.05, 0.1) is 18.3 Å². The third kappa shape index (κ3) is 4.37. The molecule has 0 unspecified atom stereocenters. The fourth-order valence-electron chi connectivity index (χ4n) is 9.15. The second-order valence-electron chi connectivity index (χ2n) is 13.4. The molecule has 0 heterocycles. The van der Waals surface area contributed by atoms with Crippen molar-refractivity contribution in [3.63, 3.8) is 0 Å². The highest BCUT2D eigenvalue weighted by Crippen LogP contribution is 2.67. The molecule has 0 aliphatic heterocycles. The Hall–Kier alpha value is -0.340. The molecule has 2 nitrogen and oxygen atoms in total. The minimum absolute atomic E-state index is 0.0919. The van der Waals surface area contributed by atoms with Crippen molar-refractivity contribution in [2.75, 3.05) is 0 Å². The first-order valence-electron chi connectivity index (χ1n) is 14.1. The van der Waals surface area contributed by atoms with E-state index in [0.717, 1.165) is 42.4 Å². The first-order valence-corrected chi connectivity index (χ1v) is 14.1. The highest BCUT2D eigenvalue weighted by atomic mass is 16.5. The van der Waals surface area contributed by atoms with Crippen molar-refractivity contribution in [1.29, 1.82) is 0 Å². The minimum Gasteiger partial charge on any atom is -0.393 e. The second-order valence-corrected chi connectivity index (χ2v) is 13.4. The van der Waals surface area contributed by atoms with Crippen LogP contribution in [-0.4, -0.2) is 23.4 Å². The number of rotatable bonds is 7. The molecule has 0 aromatic rings. The van der Waals surface area contributed by atoms with Crippen LogP contribution in [0.4, 0.5) is 0 Å². The molecule has 184 valence electrons. The van der Waals surface area contributed by atoms with Crippen LogP contribution in [0.5, 0.6) is 0 Å². The molecule has 0 saturated heterocycles. The standard InChI is InChI=1S/C30H52O2/c1-19(2)28(32-20(3)4)13-8-21(5)25-11-12-26-24-10-9-22-18-23(31)14-16-29(22,6)27(24)15-17-30(25,26)7/h9,19-21,23-28,31H,8,10-18H2,1-7H3/t21-,23+,24+,25-,26+,27+,28-,29+,30-/m1/s1. The molecule has 0 radical (unpaired) electrons. The predicted octanol–water partition coefficient (Wildman–Crippen LogP) is 7.79. The molecule has 32 heavy (non-hydrogen) atoms. The van der Waals surface area contributed by atoms with Crippen LogP contribution in [0.1, 0.15) is 113 Å². The van der Waals surface area contributed by atoms with Gasteiger partial charge in [-0.25, -0.2) is 0 Å². The Balaban J connectivity index is 1.45. The van der Waals surface area contributed by atoms with Crippen molar-refractivity contribution < 1.29 is 9.84 Å². The number of hydrogen-bond acceptors (Lipinski definition) is 2. The second kappa shape index (κ2) is 9.37. The summed E-state index contributed by atoms with van der Waals surface area (Å²) in [6.07, 6.45) is 15.9. The quantitative estimate of drug-likeness (QED) is 0.406. The zero-order valence-electron chi connectivity index (χ0n) is 22.2. The van der Waals surface area contributed by atoms with Crippen LogP contribution >= 0.6 is 0 Å². The van der Waals surface area contributed by atoms with Gasteiger partial charge in [-0.3, -0.25) is 0 Å². The van der Waals surface area contributed by atoms with Gasteiger partial charge >= 0.3 is 0 Å². The molecule has 0 amide bonds. The van der Waals surface area contributed by atoms with Gasteiger partial charge in [0.2, 0.25) is 0 Å². The van der Waals surface area contributed by atoms with E-state index < -0.39 is 0 Å². The van der Waals surface area contributed by atoms with E-state index in [1.54, 1.807) is 5.57 Å². The fourth-order valence-corrected chi connectivity index (χ4v) is 9.15.